The van der Waals surface area contributed by atoms with Crippen molar-refractivity contribution in [1.82, 2.24) is 0 Å². The number of rotatable bonds is 23. The van der Waals surface area contributed by atoms with E-state index >= 15 is 0 Å². The molecule has 0 fully saturated rings. The summed E-state index contributed by atoms with van der Waals surface area (Å²) in [7, 11) is 0. The largest absolute Gasteiger partial charge is 0.870 e. The van der Waals surface area contributed by atoms with E-state index in [0.717, 1.165) is 6.04 Å². The van der Waals surface area contributed by atoms with E-state index in [1.165, 1.54) is 146 Å². The third-order valence-corrected chi connectivity index (χ3v) is 7.16. The predicted octanol–water partition coefficient (Wildman–Crippen LogP) is 9.51. The Morgan fingerprint density at radius 2 is 0.767 bits per heavy atom. The van der Waals surface area contributed by atoms with E-state index in [9.17, 15) is 0 Å². The van der Waals surface area contributed by atoms with E-state index in [2.05, 4.69) is 34.6 Å². The van der Waals surface area contributed by atoms with Crippen LogP contribution < -0.4 is 0 Å². The molecule has 0 saturated heterocycles. The number of hydrogen-bond acceptors (Lipinski definition) is 1. The van der Waals surface area contributed by atoms with Crippen LogP contribution in [0.4, 0.5) is 0 Å². The van der Waals surface area contributed by atoms with Gasteiger partial charge >= 0.3 is 0 Å². The molecule has 2 heteroatoms. The Morgan fingerprint density at radius 1 is 0.400 bits per heavy atom. The van der Waals surface area contributed by atoms with Crippen molar-refractivity contribution in [3.8, 4) is 0 Å². The molecule has 0 spiro atoms. The van der Waals surface area contributed by atoms with Crippen molar-refractivity contribution in [1.29, 1.82) is 0 Å². The van der Waals surface area contributed by atoms with Gasteiger partial charge < -0.3 is 9.96 Å². The lowest BCUT2D eigenvalue weighted by molar-refractivity contribution is -0.952. The van der Waals surface area contributed by atoms with Crippen molar-refractivity contribution in [2.24, 2.45) is 0 Å². The lowest BCUT2D eigenvalue weighted by Gasteiger charge is -2.46. The molecule has 30 heavy (non-hydrogen) atoms. The molecule has 0 heterocycles. The van der Waals surface area contributed by atoms with Crippen molar-refractivity contribution in [3.05, 3.63) is 0 Å². The molecule has 1 unspecified atom stereocenters. The van der Waals surface area contributed by atoms with Gasteiger partial charge in [0.15, 0.2) is 0 Å². The maximum atomic E-state index is 2.42. The molecular formula is C28H61NO. The monoisotopic (exact) mass is 427 g/mol. The molecule has 0 bridgehead atoms. The van der Waals surface area contributed by atoms with Crippen molar-refractivity contribution >= 4 is 0 Å². The van der Waals surface area contributed by atoms with Crippen LogP contribution in [0.15, 0.2) is 0 Å². The Morgan fingerprint density at radius 3 is 1.13 bits per heavy atom. The van der Waals surface area contributed by atoms with E-state index in [1.54, 1.807) is 0 Å². The van der Waals surface area contributed by atoms with E-state index in [4.69, 9.17) is 0 Å². The molecule has 1 N–H and O–H groups in total. The van der Waals surface area contributed by atoms with E-state index in [0.29, 0.717) is 0 Å². The predicted molar refractivity (Wildman–Crippen MR) is 137 cm³/mol. The highest BCUT2D eigenvalue weighted by Gasteiger charge is 2.34. The van der Waals surface area contributed by atoms with E-state index < -0.39 is 0 Å². The summed E-state index contributed by atoms with van der Waals surface area (Å²) in [5.41, 5.74) is 0. The fraction of sp³-hybridized carbons (Fsp3) is 1.00. The fourth-order valence-electron chi connectivity index (χ4n) is 5.19. The lowest BCUT2D eigenvalue weighted by Crippen LogP contribution is -2.57. The summed E-state index contributed by atoms with van der Waals surface area (Å²) in [6, 6.07) is 0.929. The summed E-state index contributed by atoms with van der Waals surface area (Å²) in [5.74, 6) is 0. The van der Waals surface area contributed by atoms with Gasteiger partial charge in [-0.15, -0.1) is 0 Å². The zero-order valence-corrected chi connectivity index (χ0v) is 22.0. The third kappa shape index (κ3) is 15.7. The molecule has 0 aromatic heterocycles. The van der Waals surface area contributed by atoms with Crippen LogP contribution in [0.5, 0.6) is 0 Å². The van der Waals surface area contributed by atoms with Crippen LogP contribution in [0, 0.1) is 0 Å². The molecule has 0 aromatic carbocycles. The Balaban J connectivity index is 0. The van der Waals surface area contributed by atoms with Gasteiger partial charge in [0.05, 0.1) is 25.7 Å². The van der Waals surface area contributed by atoms with Crippen LogP contribution in [0.25, 0.3) is 0 Å². The van der Waals surface area contributed by atoms with Crippen LogP contribution in [0.1, 0.15) is 157 Å². The minimum Gasteiger partial charge on any atom is -0.870 e. The van der Waals surface area contributed by atoms with Crippen molar-refractivity contribution < 1.29 is 9.96 Å². The molecule has 0 aliphatic heterocycles. The van der Waals surface area contributed by atoms with Crippen molar-refractivity contribution in [3.63, 3.8) is 0 Å². The average Bonchev–Trinajstić information content (AvgIpc) is 2.74. The van der Waals surface area contributed by atoms with Gasteiger partial charge in [0.2, 0.25) is 0 Å². The van der Waals surface area contributed by atoms with Crippen LogP contribution >= 0.6 is 0 Å². The summed E-state index contributed by atoms with van der Waals surface area (Å²) >= 11 is 0. The van der Waals surface area contributed by atoms with Crippen LogP contribution in [0.2, 0.25) is 0 Å². The quantitative estimate of drug-likeness (QED) is 0.118. The van der Waals surface area contributed by atoms with Gasteiger partial charge in [0, 0.05) is 0 Å². The lowest BCUT2D eigenvalue weighted by atomic mass is 9.96. The Bertz CT molecular complexity index is 296. The number of hydrogen-bond donors (Lipinski definition) is 0. The smallest absolute Gasteiger partial charge is 0.0890 e. The molecule has 1 atom stereocenters. The van der Waals surface area contributed by atoms with Gasteiger partial charge in [-0.25, -0.2) is 0 Å². The topological polar surface area (TPSA) is 30.0 Å². The highest BCUT2D eigenvalue weighted by Crippen LogP contribution is 2.27. The first-order chi connectivity index (χ1) is 14.2. The molecule has 0 aliphatic carbocycles. The second-order valence-electron chi connectivity index (χ2n) is 9.86. The van der Waals surface area contributed by atoms with Crippen LogP contribution in [0.3, 0.4) is 0 Å². The molecule has 0 radical (unpaired) electrons. The average molecular weight is 428 g/mol. The molecule has 0 rings (SSSR count). The highest BCUT2D eigenvalue weighted by atomic mass is 16.0. The molecule has 0 aliphatic rings. The van der Waals surface area contributed by atoms with Crippen LogP contribution in [-0.2, 0) is 0 Å². The zero-order valence-electron chi connectivity index (χ0n) is 22.0. The summed E-state index contributed by atoms with van der Waals surface area (Å²) in [5, 5.41) is 0. The van der Waals surface area contributed by atoms with Crippen molar-refractivity contribution in [2.45, 2.75) is 163 Å². The van der Waals surface area contributed by atoms with Gasteiger partial charge in [0.1, 0.15) is 0 Å². The minimum atomic E-state index is 0. The summed E-state index contributed by atoms with van der Waals surface area (Å²) < 4.78 is 1.46. The standard InChI is InChI=1S/C28H60N.H2O/c1-6-11-15-16-17-18-19-20-21-22-24-28(23-10-5)29(25-12-7-2,26-13-8-3)27-14-9-4;/h28H,6-27H2,1-5H3;1H2/q+1;/p-1. The molecule has 0 aromatic rings. The van der Waals surface area contributed by atoms with Crippen LogP contribution in [-0.4, -0.2) is 35.6 Å². The van der Waals surface area contributed by atoms with Crippen molar-refractivity contribution in [2.75, 3.05) is 19.6 Å². The van der Waals surface area contributed by atoms with E-state index in [1.807, 2.05) is 0 Å². The normalized spacial score (nSPS) is 12.7. The van der Waals surface area contributed by atoms with Gasteiger partial charge in [-0.2, -0.15) is 0 Å². The maximum Gasteiger partial charge on any atom is 0.0890 e. The number of unbranched alkanes of at least 4 members (excludes halogenated alkanes) is 12. The first-order valence-corrected chi connectivity index (χ1v) is 14.1. The van der Waals surface area contributed by atoms with Gasteiger partial charge in [-0.3, -0.25) is 0 Å². The summed E-state index contributed by atoms with van der Waals surface area (Å²) in [6.45, 7) is 16.2. The Hall–Kier alpha value is -0.0800. The molecule has 0 saturated carbocycles. The first kappa shape index (κ1) is 32.1. The zero-order chi connectivity index (χ0) is 21.6. The molecule has 184 valence electrons. The minimum absolute atomic E-state index is 0. The molecule has 0 amide bonds. The third-order valence-electron chi connectivity index (χ3n) is 7.16. The number of nitrogens with zero attached hydrogens (tertiary/aromatic N) is 1. The summed E-state index contributed by atoms with van der Waals surface area (Å²) in [6.07, 6.45) is 27.2. The van der Waals surface area contributed by atoms with Gasteiger partial charge in [-0.1, -0.05) is 118 Å². The number of quaternary nitrogens is 1. The first-order valence-electron chi connectivity index (χ1n) is 14.1. The Kier molecular flexibility index (Phi) is 25.2. The van der Waals surface area contributed by atoms with Gasteiger partial charge in [-0.05, 0) is 38.5 Å². The SMILES string of the molecule is CCCCCCCCCCCCC(CCC)[N+](CCCC)(CCCC)CCCC.[OH-]. The second kappa shape index (κ2) is 23.6. The maximum absolute atomic E-state index is 2.42. The Labute approximate surface area is 192 Å². The molecule has 2 nitrogen and oxygen atoms in total. The summed E-state index contributed by atoms with van der Waals surface area (Å²) in [4.78, 5) is 0. The highest BCUT2D eigenvalue weighted by molar-refractivity contribution is 4.64. The second-order valence-corrected chi connectivity index (χ2v) is 9.86. The molecular weight excluding hydrogens is 366 g/mol. The van der Waals surface area contributed by atoms with E-state index in [-0.39, 0.29) is 5.48 Å². The van der Waals surface area contributed by atoms with Gasteiger partial charge in [0.25, 0.3) is 0 Å². The fourth-order valence-corrected chi connectivity index (χ4v) is 5.19.